The Labute approximate surface area is 175 Å². The number of nitrogens with one attached hydrogen (secondary N) is 1. The van der Waals surface area contributed by atoms with Gasteiger partial charge < -0.3 is 10.2 Å². The molecule has 156 valence electrons. The monoisotopic (exact) mass is 418 g/mol. The van der Waals surface area contributed by atoms with Crippen molar-refractivity contribution in [3.8, 4) is 0 Å². The fraction of sp³-hybridized carbons (Fsp3) is 0.435. The summed E-state index contributed by atoms with van der Waals surface area (Å²) < 4.78 is 27.3. The molecule has 2 aromatic rings. The summed E-state index contributed by atoms with van der Waals surface area (Å²) in [5.41, 5.74) is 1.15. The van der Waals surface area contributed by atoms with Gasteiger partial charge in [-0.2, -0.15) is 0 Å². The van der Waals surface area contributed by atoms with Crippen molar-refractivity contribution < 1.29 is 13.6 Å². The van der Waals surface area contributed by atoms with Gasteiger partial charge in [-0.25, -0.2) is 13.6 Å². The minimum atomic E-state index is -0.763. The molecule has 3 nitrogen and oxygen atoms in total. The highest BCUT2D eigenvalue weighted by molar-refractivity contribution is 7.99. The van der Waals surface area contributed by atoms with E-state index in [-0.39, 0.29) is 17.8 Å². The Morgan fingerprint density at radius 1 is 1.14 bits per heavy atom. The number of nitrogens with zero attached hydrogens (tertiary/aromatic N) is 1. The number of thioether (sulfide) groups is 1. The fourth-order valence-electron chi connectivity index (χ4n) is 3.71. The van der Waals surface area contributed by atoms with Crippen LogP contribution in [0.5, 0.6) is 0 Å². The lowest BCUT2D eigenvalue weighted by atomic mass is 10.0. The molecule has 1 atom stereocenters. The highest BCUT2D eigenvalue weighted by atomic mass is 32.2. The summed E-state index contributed by atoms with van der Waals surface area (Å²) in [4.78, 5) is 16.1. The van der Waals surface area contributed by atoms with Gasteiger partial charge in [-0.15, -0.1) is 11.8 Å². The van der Waals surface area contributed by atoms with Crippen molar-refractivity contribution in [1.29, 1.82) is 0 Å². The number of unbranched alkanes of at least 4 members (excludes halogenated alkanes) is 4. The minimum Gasteiger partial charge on any atom is -0.317 e. The molecule has 29 heavy (non-hydrogen) atoms. The van der Waals surface area contributed by atoms with Crippen molar-refractivity contribution in [3.05, 3.63) is 59.7 Å². The van der Waals surface area contributed by atoms with Crippen LogP contribution < -0.4 is 5.32 Å². The molecular formula is C23H28F2N2OS. The molecule has 1 N–H and O–H groups in total. The molecule has 1 aliphatic heterocycles. The van der Waals surface area contributed by atoms with Gasteiger partial charge in [-0.3, -0.25) is 0 Å². The average Bonchev–Trinajstić information content (AvgIpc) is 2.72. The Kier molecular flexibility index (Phi) is 7.92. The SMILES string of the molecule is CCCCCCCN(C(=O)Nc1ccc(F)cc1F)C1CCSc2ccccc21. The first-order valence-electron chi connectivity index (χ1n) is 10.3. The van der Waals surface area contributed by atoms with Crippen LogP contribution in [0, 0.1) is 11.6 Å². The van der Waals surface area contributed by atoms with Crippen LogP contribution in [0.2, 0.25) is 0 Å². The molecule has 0 spiro atoms. The number of anilines is 1. The van der Waals surface area contributed by atoms with Crippen molar-refractivity contribution in [2.75, 3.05) is 17.6 Å². The number of urea groups is 1. The van der Waals surface area contributed by atoms with Gasteiger partial charge in [0.25, 0.3) is 0 Å². The zero-order valence-electron chi connectivity index (χ0n) is 16.8. The Morgan fingerprint density at radius 3 is 2.72 bits per heavy atom. The number of hydrogen-bond donors (Lipinski definition) is 1. The molecule has 1 aliphatic rings. The van der Waals surface area contributed by atoms with Crippen LogP contribution in [0.4, 0.5) is 19.3 Å². The molecule has 0 saturated carbocycles. The summed E-state index contributed by atoms with van der Waals surface area (Å²) in [7, 11) is 0. The molecule has 0 bridgehead atoms. The van der Waals surface area contributed by atoms with E-state index in [1.165, 1.54) is 23.8 Å². The molecule has 1 unspecified atom stereocenters. The summed E-state index contributed by atoms with van der Waals surface area (Å²) >= 11 is 1.80. The third-order valence-corrected chi connectivity index (χ3v) is 6.36. The second-order valence-electron chi connectivity index (χ2n) is 7.35. The predicted molar refractivity (Wildman–Crippen MR) is 115 cm³/mol. The van der Waals surface area contributed by atoms with E-state index < -0.39 is 11.6 Å². The molecular weight excluding hydrogens is 390 g/mol. The van der Waals surface area contributed by atoms with E-state index in [0.717, 1.165) is 49.1 Å². The van der Waals surface area contributed by atoms with Crippen LogP contribution in [0.1, 0.15) is 57.1 Å². The summed E-state index contributed by atoms with van der Waals surface area (Å²) in [6, 6.07) is 11.0. The van der Waals surface area contributed by atoms with Gasteiger partial charge in [-0.05, 0) is 36.6 Å². The molecule has 2 amide bonds. The second-order valence-corrected chi connectivity index (χ2v) is 8.49. The first kappa shape index (κ1) is 21.6. The van der Waals surface area contributed by atoms with Gasteiger partial charge in [0.1, 0.15) is 11.6 Å². The molecule has 0 radical (unpaired) electrons. The Hall–Kier alpha value is -2.08. The lowest BCUT2D eigenvalue weighted by molar-refractivity contribution is 0.182. The molecule has 3 rings (SSSR count). The van der Waals surface area contributed by atoms with E-state index >= 15 is 0 Å². The maximum atomic E-state index is 14.1. The smallest absolute Gasteiger partial charge is 0.317 e. The van der Waals surface area contributed by atoms with Crippen LogP contribution in [-0.4, -0.2) is 23.2 Å². The topological polar surface area (TPSA) is 32.3 Å². The van der Waals surface area contributed by atoms with Gasteiger partial charge in [-0.1, -0.05) is 50.8 Å². The third kappa shape index (κ3) is 5.72. The largest absolute Gasteiger partial charge is 0.322 e. The quantitative estimate of drug-likeness (QED) is 0.468. The van der Waals surface area contributed by atoms with E-state index in [0.29, 0.717) is 6.54 Å². The van der Waals surface area contributed by atoms with E-state index in [1.54, 1.807) is 11.8 Å². The van der Waals surface area contributed by atoms with Crippen molar-refractivity contribution >= 4 is 23.5 Å². The summed E-state index contributed by atoms with van der Waals surface area (Å²) in [5, 5.41) is 2.66. The first-order valence-corrected chi connectivity index (χ1v) is 11.3. The third-order valence-electron chi connectivity index (χ3n) is 5.24. The zero-order chi connectivity index (χ0) is 20.6. The number of amides is 2. The van der Waals surface area contributed by atoms with Gasteiger partial charge in [0.15, 0.2) is 0 Å². The fourth-order valence-corrected chi connectivity index (χ4v) is 4.82. The van der Waals surface area contributed by atoms with Crippen molar-refractivity contribution in [2.45, 2.75) is 56.4 Å². The summed E-state index contributed by atoms with van der Waals surface area (Å²) in [6.07, 6.45) is 6.33. The van der Waals surface area contributed by atoms with Crippen LogP contribution in [0.15, 0.2) is 47.4 Å². The van der Waals surface area contributed by atoms with Gasteiger partial charge >= 0.3 is 6.03 Å². The zero-order valence-corrected chi connectivity index (χ0v) is 17.6. The molecule has 6 heteroatoms. The molecule has 0 saturated heterocycles. The lowest BCUT2D eigenvalue weighted by Crippen LogP contribution is -2.40. The molecule has 1 heterocycles. The van der Waals surface area contributed by atoms with Crippen LogP contribution in [-0.2, 0) is 0 Å². The minimum absolute atomic E-state index is 0.00542. The van der Waals surface area contributed by atoms with E-state index in [1.807, 2.05) is 17.0 Å². The van der Waals surface area contributed by atoms with Crippen LogP contribution in [0.3, 0.4) is 0 Å². The number of carbonyl (C=O) groups excluding carboxylic acids is 1. The number of benzene rings is 2. The Bertz CT molecular complexity index is 830. The molecule has 0 aromatic heterocycles. The van der Waals surface area contributed by atoms with Gasteiger partial charge in [0.2, 0.25) is 0 Å². The highest BCUT2D eigenvalue weighted by Gasteiger charge is 2.29. The molecule has 0 fully saturated rings. The van der Waals surface area contributed by atoms with Gasteiger partial charge in [0.05, 0.1) is 11.7 Å². The summed E-state index contributed by atoms with van der Waals surface area (Å²) in [6.45, 7) is 2.79. The maximum absolute atomic E-state index is 14.1. The van der Waals surface area contributed by atoms with Gasteiger partial charge in [0, 0.05) is 23.3 Å². The first-order chi connectivity index (χ1) is 14.1. The van der Waals surface area contributed by atoms with E-state index in [9.17, 15) is 13.6 Å². The van der Waals surface area contributed by atoms with E-state index in [4.69, 9.17) is 0 Å². The lowest BCUT2D eigenvalue weighted by Gasteiger charge is -2.35. The number of carbonyl (C=O) groups is 1. The average molecular weight is 419 g/mol. The highest BCUT2D eigenvalue weighted by Crippen LogP contribution is 2.39. The Balaban J connectivity index is 1.78. The Morgan fingerprint density at radius 2 is 1.93 bits per heavy atom. The summed E-state index contributed by atoms with van der Waals surface area (Å²) in [5.74, 6) is -0.487. The normalized spacial score (nSPS) is 15.6. The maximum Gasteiger partial charge on any atom is 0.322 e. The molecule has 0 aliphatic carbocycles. The second kappa shape index (κ2) is 10.6. The molecule has 2 aromatic carbocycles. The number of halogens is 2. The van der Waals surface area contributed by atoms with E-state index in [2.05, 4.69) is 24.4 Å². The van der Waals surface area contributed by atoms with Crippen molar-refractivity contribution in [3.63, 3.8) is 0 Å². The number of fused-ring (bicyclic) bond motifs is 1. The van der Waals surface area contributed by atoms with Crippen molar-refractivity contribution in [2.24, 2.45) is 0 Å². The van der Waals surface area contributed by atoms with Crippen LogP contribution in [0.25, 0.3) is 0 Å². The standard InChI is InChI=1S/C23H28F2N2OS/c1-2-3-4-5-8-14-27(21-13-15-29-22-10-7-6-9-18(21)22)23(28)26-20-12-11-17(24)16-19(20)25/h6-7,9-12,16,21H,2-5,8,13-15H2,1H3,(H,26,28). The van der Waals surface area contributed by atoms with Crippen LogP contribution >= 0.6 is 11.8 Å². The predicted octanol–water partition coefficient (Wildman–Crippen LogP) is 7.01. The number of rotatable bonds is 8. The van der Waals surface area contributed by atoms with Crippen molar-refractivity contribution in [1.82, 2.24) is 4.90 Å². The number of hydrogen-bond acceptors (Lipinski definition) is 2.